The first-order valence-electron chi connectivity index (χ1n) is 22.4. The molecule has 1 aromatic rings. The Morgan fingerprint density at radius 1 is 1.09 bits per heavy atom. The lowest BCUT2D eigenvalue weighted by Gasteiger charge is -2.49. The summed E-state index contributed by atoms with van der Waals surface area (Å²) in [5.74, 6) is -0.661. The number of amides is 1. The highest BCUT2D eigenvalue weighted by Gasteiger charge is 2.47. The number of quaternary nitrogens is 1. The summed E-state index contributed by atoms with van der Waals surface area (Å²) in [6.45, 7) is 17.2. The van der Waals surface area contributed by atoms with Crippen molar-refractivity contribution in [1.29, 1.82) is 0 Å². The van der Waals surface area contributed by atoms with E-state index in [-0.39, 0.29) is 42.4 Å². The topological polar surface area (TPSA) is 129 Å². The van der Waals surface area contributed by atoms with Crippen molar-refractivity contribution in [2.24, 2.45) is 17.8 Å². The van der Waals surface area contributed by atoms with E-state index in [0.29, 0.717) is 44.8 Å². The Balaban J connectivity index is 1.27. The molecule has 1 amide bonds. The van der Waals surface area contributed by atoms with Crippen molar-refractivity contribution in [3.05, 3.63) is 71.8 Å². The number of carbonyl (C=O) groups excluding carboxylic acids is 2. The third-order valence-electron chi connectivity index (χ3n) is 13.7. The van der Waals surface area contributed by atoms with E-state index >= 15 is 0 Å². The Hall–Kier alpha value is -3.02. The molecule has 3 aliphatic heterocycles. The maximum atomic E-state index is 14.0. The molecule has 3 heterocycles. The van der Waals surface area contributed by atoms with E-state index in [9.17, 15) is 24.9 Å². The van der Waals surface area contributed by atoms with Gasteiger partial charge in [0.05, 0.1) is 56.1 Å². The second-order valence-electron chi connectivity index (χ2n) is 18.9. The first kappa shape index (κ1) is 46.1. The van der Waals surface area contributed by atoms with Crippen LogP contribution in [0.25, 0.3) is 0 Å². The molecule has 3 N–H and O–H groups in total. The van der Waals surface area contributed by atoms with Gasteiger partial charge in [0, 0.05) is 30.2 Å². The molecule has 0 radical (unpaired) electrons. The number of epoxide rings is 1. The number of aliphatic hydroxyl groups excluding tert-OH is 1. The predicted molar refractivity (Wildman–Crippen MR) is 228 cm³/mol. The fraction of sp³-hybridized carbons (Fsp3) is 0.708. The van der Waals surface area contributed by atoms with E-state index in [1.165, 1.54) is 44.1 Å². The number of rotatable bonds is 12. The maximum absolute atomic E-state index is 14.0. The van der Waals surface area contributed by atoms with Gasteiger partial charge in [0.1, 0.15) is 18.2 Å². The van der Waals surface area contributed by atoms with Gasteiger partial charge in [-0.25, -0.2) is 4.79 Å². The number of esters is 1. The summed E-state index contributed by atoms with van der Waals surface area (Å²) in [5, 5.41) is 33.2. The van der Waals surface area contributed by atoms with Crippen LogP contribution < -0.4 is 0 Å². The first-order chi connectivity index (χ1) is 27.5. The van der Waals surface area contributed by atoms with Crippen molar-refractivity contribution in [1.82, 2.24) is 4.90 Å². The van der Waals surface area contributed by atoms with Crippen LogP contribution in [0.15, 0.2) is 66.3 Å². The van der Waals surface area contributed by atoms with Gasteiger partial charge in [-0.2, -0.15) is 0 Å². The first-order valence-corrected chi connectivity index (χ1v) is 22.4. The molecule has 10 atom stereocenters. The molecule has 324 valence electrons. The molecule has 10 nitrogen and oxygen atoms in total. The quantitative estimate of drug-likeness (QED) is 0.0484. The molecular weight excluding hydrogens is 733 g/mol. The molecule has 58 heavy (non-hydrogen) atoms. The number of hydrogen-bond donors (Lipinski definition) is 3. The van der Waals surface area contributed by atoms with Crippen molar-refractivity contribution in [3.8, 4) is 0 Å². The summed E-state index contributed by atoms with van der Waals surface area (Å²) in [6, 6.07) is 11.3. The minimum Gasteiger partial charge on any atom is -0.457 e. The van der Waals surface area contributed by atoms with Crippen LogP contribution in [0.5, 0.6) is 0 Å². The maximum Gasteiger partial charge on any atom is 0.410 e. The van der Waals surface area contributed by atoms with Crippen molar-refractivity contribution in [2.45, 2.75) is 173 Å². The Kier molecular flexibility index (Phi) is 16.3. The van der Waals surface area contributed by atoms with Gasteiger partial charge in [0.2, 0.25) is 0 Å². The summed E-state index contributed by atoms with van der Waals surface area (Å²) in [6.07, 6.45) is 16.3. The molecule has 3 fully saturated rings. The Bertz CT molecular complexity index is 1560. The fourth-order valence-electron chi connectivity index (χ4n) is 9.61. The number of allylic oxidation sites excluding steroid dienone is 2. The number of hydrogen-bond acceptors (Lipinski definition) is 8. The highest BCUT2D eigenvalue weighted by molar-refractivity contribution is 5.70. The normalized spacial score (nSPS) is 33.1. The monoisotopic (exact) mass is 808 g/mol. The minimum absolute atomic E-state index is 0.00183. The number of carbonyl (C=O) groups is 2. The Labute approximate surface area is 348 Å². The van der Waals surface area contributed by atoms with Gasteiger partial charge in [-0.05, 0) is 83.3 Å². The molecule has 1 saturated carbocycles. The smallest absolute Gasteiger partial charge is 0.410 e. The minimum atomic E-state index is -1.35. The molecule has 0 aromatic heterocycles. The van der Waals surface area contributed by atoms with Crippen LogP contribution in [-0.2, 0) is 25.5 Å². The highest BCUT2D eigenvalue weighted by atomic mass is 16.6. The summed E-state index contributed by atoms with van der Waals surface area (Å²) in [4.78, 5) is 29.0. The number of nitrogens with zero attached hydrogens (tertiary/aromatic N) is 2. The van der Waals surface area contributed by atoms with E-state index in [2.05, 4.69) is 30.3 Å². The van der Waals surface area contributed by atoms with E-state index in [1.807, 2.05) is 51.7 Å². The van der Waals surface area contributed by atoms with Crippen LogP contribution in [0.2, 0.25) is 0 Å². The molecule has 1 aliphatic carbocycles. The third-order valence-corrected chi connectivity index (χ3v) is 13.7. The van der Waals surface area contributed by atoms with E-state index in [1.54, 1.807) is 32.1 Å². The number of piperazine rings is 1. The number of ether oxygens (including phenoxy) is 3. The number of aliphatic hydroxyl groups is 3. The van der Waals surface area contributed by atoms with Crippen molar-refractivity contribution in [2.75, 3.05) is 26.2 Å². The second-order valence-corrected chi connectivity index (χ2v) is 18.9. The Morgan fingerprint density at radius 2 is 1.76 bits per heavy atom. The van der Waals surface area contributed by atoms with Gasteiger partial charge in [0.15, 0.2) is 6.10 Å². The van der Waals surface area contributed by atoms with Crippen molar-refractivity contribution >= 4 is 12.1 Å². The van der Waals surface area contributed by atoms with Crippen LogP contribution in [0.4, 0.5) is 4.79 Å². The average molecular weight is 808 g/mol. The molecule has 1 aromatic carbocycles. The van der Waals surface area contributed by atoms with Crippen molar-refractivity contribution in [3.63, 3.8) is 0 Å². The molecule has 0 spiro atoms. The summed E-state index contributed by atoms with van der Waals surface area (Å²) in [7, 11) is 0. The molecule has 0 bridgehead atoms. The fourth-order valence-corrected chi connectivity index (χ4v) is 9.61. The third kappa shape index (κ3) is 12.7. The van der Waals surface area contributed by atoms with Crippen LogP contribution in [0.3, 0.4) is 0 Å². The van der Waals surface area contributed by atoms with Gasteiger partial charge in [-0.1, -0.05) is 95.2 Å². The van der Waals surface area contributed by atoms with Crippen LogP contribution in [0, 0.1) is 17.8 Å². The highest BCUT2D eigenvalue weighted by Crippen LogP contribution is 2.38. The lowest BCUT2D eigenvalue weighted by molar-refractivity contribution is -0.967. The van der Waals surface area contributed by atoms with E-state index in [0.717, 1.165) is 29.7 Å². The second kappa shape index (κ2) is 20.5. The zero-order valence-electron chi connectivity index (χ0n) is 36.6. The van der Waals surface area contributed by atoms with Gasteiger partial charge < -0.3 is 34.0 Å². The van der Waals surface area contributed by atoms with E-state index < -0.39 is 35.6 Å². The molecule has 5 rings (SSSR count). The summed E-state index contributed by atoms with van der Waals surface area (Å²) in [5.41, 5.74) is -0.347. The summed E-state index contributed by atoms with van der Waals surface area (Å²) < 4.78 is 19.2. The lowest BCUT2D eigenvalue weighted by atomic mass is 9.87. The van der Waals surface area contributed by atoms with Gasteiger partial charge in [-0.3, -0.25) is 9.69 Å². The number of cyclic esters (lactones) is 1. The molecule has 4 aliphatic rings. The predicted octanol–water partition coefficient (Wildman–Crippen LogP) is 8.04. The molecule has 10 heteroatoms. The zero-order valence-corrected chi connectivity index (χ0v) is 36.6. The molecular formula is C48H75N2O8+. The van der Waals surface area contributed by atoms with Gasteiger partial charge >= 0.3 is 12.1 Å². The number of benzene rings is 1. The van der Waals surface area contributed by atoms with Crippen LogP contribution >= 0.6 is 0 Å². The summed E-state index contributed by atoms with van der Waals surface area (Å²) >= 11 is 0. The van der Waals surface area contributed by atoms with Crippen LogP contribution in [0.1, 0.15) is 125 Å². The van der Waals surface area contributed by atoms with Gasteiger partial charge in [0.25, 0.3) is 0 Å². The SMILES string of the molecule is CC[C@H](O)[C@@H](C)[C@H]1O[C@@H]1C[C@@](C)(O)/C=C/C=C(\C)[C@H]1OC(=O)C[C@H](C)CC[C@@](C)(O)[C@@H](OC(=O)N2CC[N+](Cc3ccccc3)(C3CCCCCC3)CC2)/C=C/[C@@H]1C. The largest absolute Gasteiger partial charge is 0.457 e. The van der Waals surface area contributed by atoms with Crippen molar-refractivity contribution < 1.29 is 43.6 Å². The Morgan fingerprint density at radius 3 is 2.41 bits per heavy atom. The molecule has 0 unspecified atom stereocenters. The average Bonchev–Trinajstić information content (AvgIpc) is 4.00. The standard InChI is InChI=1S/C48H75N2O8/c1-8-40(51)37(5)45-41(56-45)32-47(6,54)25-16-17-35(3)44-36(4)22-23-42(48(7,55)26-24-34(2)31-43(52)58-44)57-46(53)49-27-29-50(30-28-49,33-38-18-12-11-13-19-38)39-20-14-9-10-15-21-39/h11-13,16-19,22-23,25,34,36-37,39-42,44-45,51,54-55H,8-10,14-15,20-21,24,26-33H2,1-7H3/q+1/b23-22+,25-16+,35-17+/t34-,36+,37-,40+,41-,42+,44-,45-,47+,48-/m1/s1. The van der Waals surface area contributed by atoms with E-state index in [4.69, 9.17) is 14.2 Å². The zero-order chi connectivity index (χ0) is 42.1. The molecule has 2 saturated heterocycles. The van der Waals surface area contributed by atoms with Gasteiger partial charge in [-0.15, -0.1) is 0 Å². The lowest BCUT2D eigenvalue weighted by Crippen LogP contribution is -2.64. The van der Waals surface area contributed by atoms with Crippen LogP contribution in [-0.4, -0.2) is 111 Å².